The van der Waals surface area contributed by atoms with E-state index < -0.39 is 0 Å². The van der Waals surface area contributed by atoms with Crippen molar-refractivity contribution in [3.8, 4) is 0 Å². The molecule has 1 aliphatic rings. The third-order valence-corrected chi connectivity index (χ3v) is 2.00. The number of rotatable bonds is 1. The van der Waals surface area contributed by atoms with E-state index in [9.17, 15) is 0 Å². The Kier molecular flexibility index (Phi) is 2.46. The fourth-order valence-corrected chi connectivity index (χ4v) is 1.06. The van der Waals surface area contributed by atoms with Gasteiger partial charge in [-0.1, -0.05) is 5.57 Å². The molecule has 1 rings (SSSR count). The van der Waals surface area contributed by atoms with Crippen molar-refractivity contribution >= 4 is 0 Å². The van der Waals surface area contributed by atoms with E-state index in [0.717, 1.165) is 6.42 Å². The predicted octanol–water partition coefficient (Wildman–Crippen LogP) is 1.10. The molecule has 1 N–H and O–H groups in total. The van der Waals surface area contributed by atoms with Gasteiger partial charge in [0, 0.05) is 0 Å². The van der Waals surface area contributed by atoms with E-state index in [-0.39, 0.29) is 12.7 Å². The van der Waals surface area contributed by atoms with Gasteiger partial charge in [-0.2, -0.15) is 0 Å². The van der Waals surface area contributed by atoms with Gasteiger partial charge < -0.3 is 9.84 Å². The average Bonchev–Trinajstić information content (AvgIpc) is 1.95. The summed E-state index contributed by atoms with van der Waals surface area (Å²) in [4.78, 5) is 0. The highest BCUT2D eigenvalue weighted by Gasteiger charge is 2.15. The zero-order valence-corrected chi connectivity index (χ0v) is 6.55. The first-order valence-electron chi connectivity index (χ1n) is 3.61. The van der Waals surface area contributed by atoms with Crippen LogP contribution in [-0.2, 0) is 4.74 Å². The lowest BCUT2D eigenvalue weighted by Crippen LogP contribution is -2.23. The number of hydrogen-bond acceptors (Lipinski definition) is 2. The normalized spacial score (nSPS) is 27.3. The van der Waals surface area contributed by atoms with Gasteiger partial charge in [-0.05, 0) is 25.8 Å². The van der Waals surface area contributed by atoms with Crippen LogP contribution >= 0.6 is 0 Å². The average molecular weight is 142 g/mol. The molecule has 0 radical (unpaired) electrons. The third-order valence-electron chi connectivity index (χ3n) is 2.00. The van der Waals surface area contributed by atoms with Gasteiger partial charge in [0.05, 0.1) is 19.3 Å². The van der Waals surface area contributed by atoms with Crippen LogP contribution in [0.4, 0.5) is 0 Å². The van der Waals surface area contributed by atoms with Crippen LogP contribution in [-0.4, -0.2) is 24.4 Å². The lowest BCUT2D eigenvalue weighted by molar-refractivity contribution is 0.0165. The Bertz CT molecular complexity index is 149. The van der Waals surface area contributed by atoms with Crippen molar-refractivity contribution in [2.45, 2.75) is 26.4 Å². The molecule has 0 spiro atoms. The molecule has 0 fully saturated rings. The van der Waals surface area contributed by atoms with Gasteiger partial charge >= 0.3 is 0 Å². The lowest BCUT2D eigenvalue weighted by atomic mass is 10.0. The van der Waals surface area contributed by atoms with E-state index >= 15 is 0 Å². The quantitative estimate of drug-likeness (QED) is 0.555. The van der Waals surface area contributed by atoms with Crippen LogP contribution < -0.4 is 0 Å². The molecule has 0 aromatic carbocycles. The maximum atomic E-state index is 8.75. The molecule has 2 nitrogen and oxygen atoms in total. The summed E-state index contributed by atoms with van der Waals surface area (Å²) >= 11 is 0. The zero-order valence-electron chi connectivity index (χ0n) is 6.55. The molecule has 10 heavy (non-hydrogen) atoms. The topological polar surface area (TPSA) is 29.5 Å². The molecule has 1 aliphatic heterocycles. The van der Waals surface area contributed by atoms with Crippen LogP contribution in [0.25, 0.3) is 0 Å². The monoisotopic (exact) mass is 142 g/mol. The van der Waals surface area contributed by atoms with Crippen molar-refractivity contribution in [1.82, 2.24) is 0 Å². The smallest absolute Gasteiger partial charge is 0.0847 e. The maximum Gasteiger partial charge on any atom is 0.0847 e. The summed E-state index contributed by atoms with van der Waals surface area (Å²) in [5.41, 5.74) is 2.68. The van der Waals surface area contributed by atoms with E-state index in [1.165, 1.54) is 11.1 Å². The highest BCUT2D eigenvalue weighted by atomic mass is 16.5. The number of ether oxygens (including phenoxy) is 1. The van der Waals surface area contributed by atoms with Crippen molar-refractivity contribution in [1.29, 1.82) is 0 Å². The third kappa shape index (κ3) is 1.58. The summed E-state index contributed by atoms with van der Waals surface area (Å²) in [6.07, 6.45) is 0.936. The second-order valence-corrected chi connectivity index (χ2v) is 2.88. The van der Waals surface area contributed by atoms with E-state index in [1.807, 2.05) is 0 Å². The zero-order chi connectivity index (χ0) is 7.56. The first kappa shape index (κ1) is 7.76. The molecular formula is C8H14O2. The molecule has 0 aliphatic carbocycles. The molecule has 0 aromatic heterocycles. The van der Waals surface area contributed by atoms with Crippen LogP contribution in [0.5, 0.6) is 0 Å². The van der Waals surface area contributed by atoms with Crippen LogP contribution in [0.1, 0.15) is 20.3 Å². The number of aliphatic hydroxyl groups excluding tert-OH is 1. The molecular weight excluding hydrogens is 128 g/mol. The molecule has 0 saturated carbocycles. The Morgan fingerprint density at radius 2 is 2.20 bits per heavy atom. The van der Waals surface area contributed by atoms with Crippen molar-refractivity contribution in [3.05, 3.63) is 11.1 Å². The van der Waals surface area contributed by atoms with Crippen molar-refractivity contribution in [2.24, 2.45) is 0 Å². The van der Waals surface area contributed by atoms with E-state index in [4.69, 9.17) is 9.84 Å². The molecule has 0 unspecified atom stereocenters. The molecule has 0 saturated heterocycles. The maximum absolute atomic E-state index is 8.75. The summed E-state index contributed by atoms with van der Waals surface area (Å²) in [6.45, 7) is 5.01. The highest BCUT2D eigenvalue weighted by molar-refractivity contribution is 5.13. The second-order valence-electron chi connectivity index (χ2n) is 2.88. The van der Waals surface area contributed by atoms with E-state index in [0.29, 0.717) is 6.61 Å². The summed E-state index contributed by atoms with van der Waals surface area (Å²) in [5.74, 6) is 0. The van der Waals surface area contributed by atoms with Gasteiger partial charge in [-0.25, -0.2) is 0 Å². The molecule has 0 amide bonds. The molecule has 58 valence electrons. The van der Waals surface area contributed by atoms with Crippen LogP contribution in [0.15, 0.2) is 11.1 Å². The van der Waals surface area contributed by atoms with E-state index in [2.05, 4.69) is 13.8 Å². The summed E-state index contributed by atoms with van der Waals surface area (Å²) in [6, 6.07) is 0. The molecule has 0 aromatic rings. The first-order valence-corrected chi connectivity index (χ1v) is 3.61. The highest BCUT2D eigenvalue weighted by Crippen LogP contribution is 2.18. The van der Waals surface area contributed by atoms with Gasteiger partial charge in [0.15, 0.2) is 0 Å². The second kappa shape index (κ2) is 3.17. The van der Waals surface area contributed by atoms with Crippen LogP contribution in [0.2, 0.25) is 0 Å². The Labute approximate surface area is 61.5 Å². The standard InChI is InChI=1S/C8H14O2/c1-6-3-8(4-9)10-5-7(6)2/h8-9H,3-5H2,1-2H3/t8-/m0/s1. The van der Waals surface area contributed by atoms with Crippen molar-refractivity contribution < 1.29 is 9.84 Å². The molecule has 2 heteroatoms. The van der Waals surface area contributed by atoms with Gasteiger partial charge in [0.1, 0.15) is 0 Å². The summed E-state index contributed by atoms with van der Waals surface area (Å²) < 4.78 is 5.30. The van der Waals surface area contributed by atoms with Gasteiger partial charge in [0.25, 0.3) is 0 Å². The van der Waals surface area contributed by atoms with Crippen molar-refractivity contribution in [2.75, 3.05) is 13.2 Å². The fourth-order valence-electron chi connectivity index (χ4n) is 1.06. The number of aliphatic hydroxyl groups is 1. The fraction of sp³-hybridized carbons (Fsp3) is 0.750. The molecule has 1 heterocycles. The van der Waals surface area contributed by atoms with Gasteiger partial charge in [0.2, 0.25) is 0 Å². The molecule has 0 bridgehead atoms. The minimum atomic E-state index is 0.0451. The number of hydrogen-bond donors (Lipinski definition) is 1. The predicted molar refractivity (Wildman–Crippen MR) is 39.8 cm³/mol. The Morgan fingerprint density at radius 1 is 1.50 bits per heavy atom. The molecule has 1 atom stereocenters. The van der Waals surface area contributed by atoms with E-state index in [1.54, 1.807) is 0 Å². The van der Waals surface area contributed by atoms with Crippen LogP contribution in [0.3, 0.4) is 0 Å². The van der Waals surface area contributed by atoms with Gasteiger partial charge in [-0.3, -0.25) is 0 Å². The Morgan fingerprint density at radius 3 is 2.70 bits per heavy atom. The summed E-state index contributed by atoms with van der Waals surface area (Å²) in [5, 5.41) is 8.75. The Hall–Kier alpha value is -0.340. The Balaban J connectivity index is 2.54. The van der Waals surface area contributed by atoms with Crippen molar-refractivity contribution in [3.63, 3.8) is 0 Å². The lowest BCUT2D eigenvalue weighted by Gasteiger charge is -2.22. The largest absolute Gasteiger partial charge is 0.394 e. The minimum Gasteiger partial charge on any atom is -0.394 e. The first-order chi connectivity index (χ1) is 4.74. The van der Waals surface area contributed by atoms with Gasteiger partial charge in [-0.15, -0.1) is 0 Å². The summed E-state index contributed by atoms with van der Waals surface area (Å²) in [7, 11) is 0. The van der Waals surface area contributed by atoms with Crippen LogP contribution in [0, 0.1) is 0 Å². The minimum absolute atomic E-state index is 0.0451. The SMILES string of the molecule is CC1=C(C)C[C@@H](CO)OC1.